The maximum absolute atomic E-state index is 12.6. The normalized spacial score (nSPS) is 10.3. The second-order valence-electron chi connectivity index (χ2n) is 6.35. The van der Waals surface area contributed by atoms with Crippen molar-refractivity contribution in [3.8, 4) is 28.6 Å². The number of furan rings is 1. The van der Waals surface area contributed by atoms with E-state index < -0.39 is 5.91 Å². The zero-order chi connectivity index (χ0) is 22.4. The van der Waals surface area contributed by atoms with Gasteiger partial charge in [0.15, 0.2) is 5.11 Å². The van der Waals surface area contributed by atoms with Gasteiger partial charge < -0.3 is 29.1 Å². The molecule has 0 spiro atoms. The van der Waals surface area contributed by atoms with Crippen molar-refractivity contribution in [3.05, 3.63) is 59.9 Å². The van der Waals surface area contributed by atoms with Crippen LogP contribution in [0, 0.1) is 0 Å². The first-order chi connectivity index (χ1) is 15.0. The number of amides is 1. The lowest BCUT2D eigenvalue weighted by Gasteiger charge is -2.13. The van der Waals surface area contributed by atoms with E-state index in [0.29, 0.717) is 45.6 Å². The molecule has 0 aliphatic heterocycles. The second kappa shape index (κ2) is 9.96. The van der Waals surface area contributed by atoms with Crippen molar-refractivity contribution in [1.82, 2.24) is 5.32 Å². The van der Waals surface area contributed by atoms with E-state index in [1.807, 2.05) is 0 Å². The van der Waals surface area contributed by atoms with E-state index in [9.17, 15) is 9.90 Å². The van der Waals surface area contributed by atoms with Crippen molar-refractivity contribution >= 4 is 28.9 Å². The van der Waals surface area contributed by atoms with Crippen molar-refractivity contribution < 1.29 is 28.5 Å². The summed E-state index contributed by atoms with van der Waals surface area (Å²) < 4.78 is 21.4. The minimum atomic E-state index is -0.412. The first kappa shape index (κ1) is 22.1. The minimum Gasteiger partial charge on any atom is -0.497 e. The SMILES string of the molecule is COc1cc(OC)cc(C(=O)NC(=S)Nc2ccc(-c3ccc(CO)o3)c(OC)c2)c1. The molecule has 0 aliphatic rings. The van der Waals surface area contributed by atoms with Crippen LogP contribution >= 0.6 is 12.2 Å². The van der Waals surface area contributed by atoms with E-state index in [0.717, 1.165) is 0 Å². The second-order valence-corrected chi connectivity index (χ2v) is 6.76. The quantitative estimate of drug-likeness (QED) is 0.477. The lowest BCUT2D eigenvalue weighted by Crippen LogP contribution is -2.34. The van der Waals surface area contributed by atoms with Crippen LogP contribution in [0.1, 0.15) is 16.1 Å². The van der Waals surface area contributed by atoms with Crippen LogP contribution < -0.4 is 24.8 Å². The Bertz CT molecular complexity index is 1070. The fourth-order valence-electron chi connectivity index (χ4n) is 2.86. The molecule has 1 amide bonds. The molecule has 3 N–H and O–H groups in total. The molecule has 0 radical (unpaired) electrons. The molecule has 8 nitrogen and oxygen atoms in total. The Balaban J connectivity index is 1.72. The number of hydrogen-bond acceptors (Lipinski definition) is 7. The van der Waals surface area contributed by atoms with Crippen LogP contribution in [-0.2, 0) is 6.61 Å². The summed E-state index contributed by atoms with van der Waals surface area (Å²) in [6.45, 7) is -0.185. The average Bonchev–Trinajstić information content (AvgIpc) is 3.27. The van der Waals surface area contributed by atoms with E-state index in [2.05, 4.69) is 10.6 Å². The monoisotopic (exact) mass is 442 g/mol. The van der Waals surface area contributed by atoms with Gasteiger partial charge in [0, 0.05) is 23.4 Å². The Morgan fingerprint density at radius 2 is 1.71 bits per heavy atom. The van der Waals surface area contributed by atoms with Crippen LogP contribution in [0.25, 0.3) is 11.3 Å². The molecule has 1 aromatic heterocycles. The summed E-state index contributed by atoms with van der Waals surface area (Å²) in [5, 5.41) is 14.9. The highest BCUT2D eigenvalue weighted by Crippen LogP contribution is 2.33. The number of carbonyl (C=O) groups excluding carboxylic acids is 1. The number of nitrogens with one attached hydrogen (secondary N) is 2. The summed E-state index contributed by atoms with van der Waals surface area (Å²) >= 11 is 5.27. The highest BCUT2D eigenvalue weighted by Gasteiger charge is 2.14. The summed E-state index contributed by atoms with van der Waals surface area (Å²) in [5.41, 5.74) is 1.67. The Labute approximate surface area is 184 Å². The molecule has 162 valence electrons. The highest BCUT2D eigenvalue weighted by molar-refractivity contribution is 7.80. The number of aliphatic hydroxyl groups is 1. The van der Waals surface area contributed by atoms with Gasteiger partial charge >= 0.3 is 0 Å². The lowest BCUT2D eigenvalue weighted by molar-refractivity contribution is 0.0977. The molecule has 3 rings (SSSR count). The van der Waals surface area contributed by atoms with Crippen molar-refractivity contribution in [2.45, 2.75) is 6.61 Å². The molecule has 0 unspecified atom stereocenters. The molecule has 3 aromatic rings. The number of ether oxygens (including phenoxy) is 3. The van der Waals surface area contributed by atoms with Gasteiger partial charge in [0.2, 0.25) is 0 Å². The van der Waals surface area contributed by atoms with Crippen LogP contribution in [0.2, 0.25) is 0 Å². The zero-order valence-electron chi connectivity index (χ0n) is 17.2. The van der Waals surface area contributed by atoms with Gasteiger partial charge in [-0.1, -0.05) is 0 Å². The molecule has 0 saturated carbocycles. The smallest absolute Gasteiger partial charge is 0.257 e. The maximum atomic E-state index is 12.6. The fourth-order valence-corrected chi connectivity index (χ4v) is 3.07. The van der Waals surface area contributed by atoms with Gasteiger partial charge in [-0.2, -0.15) is 0 Å². The summed E-state index contributed by atoms with van der Waals surface area (Å²) in [5.74, 6) is 2.13. The summed E-state index contributed by atoms with van der Waals surface area (Å²) in [6.07, 6.45) is 0. The van der Waals surface area contributed by atoms with Crippen molar-refractivity contribution in [2.24, 2.45) is 0 Å². The minimum absolute atomic E-state index is 0.113. The molecule has 0 saturated heterocycles. The van der Waals surface area contributed by atoms with Gasteiger partial charge in [-0.3, -0.25) is 10.1 Å². The van der Waals surface area contributed by atoms with E-state index in [-0.39, 0.29) is 11.7 Å². The van der Waals surface area contributed by atoms with Gasteiger partial charge in [-0.15, -0.1) is 0 Å². The molecular weight excluding hydrogens is 420 g/mol. The topological polar surface area (TPSA) is 102 Å². The van der Waals surface area contributed by atoms with Gasteiger partial charge in [0.1, 0.15) is 35.4 Å². The molecular formula is C22H22N2O6S. The van der Waals surface area contributed by atoms with Crippen LogP contribution in [0.15, 0.2) is 52.9 Å². The predicted molar refractivity (Wildman–Crippen MR) is 120 cm³/mol. The van der Waals surface area contributed by atoms with Gasteiger partial charge in [-0.25, -0.2) is 0 Å². The third-order valence-electron chi connectivity index (χ3n) is 4.38. The fraction of sp³-hybridized carbons (Fsp3) is 0.182. The molecule has 2 aromatic carbocycles. The van der Waals surface area contributed by atoms with Crippen molar-refractivity contribution in [2.75, 3.05) is 26.6 Å². The molecule has 0 bridgehead atoms. The number of hydrogen-bond donors (Lipinski definition) is 3. The number of thiocarbonyl (C=S) groups is 1. The summed E-state index contributed by atoms with van der Waals surface area (Å²) in [4.78, 5) is 12.6. The summed E-state index contributed by atoms with van der Waals surface area (Å²) in [7, 11) is 4.55. The Kier molecular flexibility index (Phi) is 7.11. The van der Waals surface area contributed by atoms with Crippen LogP contribution in [-0.4, -0.2) is 37.5 Å². The number of benzene rings is 2. The molecule has 31 heavy (non-hydrogen) atoms. The van der Waals surface area contributed by atoms with E-state index in [1.165, 1.54) is 21.3 Å². The number of carbonyl (C=O) groups is 1. The molecule has 0 fully saturated rings. The predicted octanol–water partition coefficient (Wildman–Crippen LogP) is 3.59. The average molecular weight is 442 g/mol. The van der Waals surface area contributed by atoms with E-state index in [1.54, 1.807) is 48.5 Å². The van der Waals surface area contributed by atoms with Gasteiger partial charge in [-0.05, 0) is 48.6 Å². The summed E-state index contributed by atoms with van der Waals surface area (Å²) in [6, 6.07) is 13.6. The molecule has 0 atom stereocenters. The van der Waals surface area contributed by atoms with Crippen LogP contribution in [0.5, 0.6) is 17.2 Å². The highest BCUT2D eigenvalue weighted by atomic mass is 32.1. The van der Waals surface area contributed by atoms with Crippen molar-refractivity contribution in [1.29, 1.82) is 0 Å². The lowest BCUT2D eigenvalue weighted by atomic mass is 10.1. The standard InChI is InChI=1S/C22H22N2O6S/c1-27-16-8-13(9-17(11-16)28-2)21(26)24-22(31)23-14-4-6-18(20(10-14)29-3)19-7-5-15(12-25)30-19/h4-11,25H,12H2,1-3H3,(H2,23,24,26,31). The molecule has 0 aliphatic carbocycles. The Morgan fingerprint density at radius 1 is 1.00 bits per heavy atom. The first-order valence-corrected chi connectivity index (χ1v) is 9.61. The van der Waals surface area contributed by atoms with E-state index in [4.69, 9.17) is 30.8 Å². The Morgan fingerprint density at radius 3 is 2.29 bits per heavy atom. The number of aliphatic hydroxyl groups excluding tert-OH is 1. The van der Waals surface area contributed by atoms with Crippen LogP contribution in [0.3, 0.4) is 0 Å². The number of anilines is 1. The third kappa shape index (κ3) is 5.33. The van der Waals surface area contributed by atoms with Crippen molar-refractivity contribution in [3.63, 3.8) is 0 Å². The molecule has 9 heteroatoms. The molecule has 1 heterocycles. The largest absolute Gasteiger partial charge is 0.497 e. The van der Waals surface area contributed by atoms with E-state index >= 15 is 0 Å². The first-order valence-electron chi connectivity index (χ1n) is 9.20. The Hall–Kier alpha value is -3.56. The van der Waals surface area contributed by atoms with Crippen LogP contribution in [0.4, 0.5) is 5.69 Å². The third-order valence-corrected chi connectivity index (χ3v) is 4.59. The van der Waals surface area contributed by atoms with Gasteiger partial charge in [0.05, 0.1) is 26.9 Å². The number of rotatable bonds is 7. The maximum Gasteiger partial charge on any atom is 0.257 e. The number of methoxy groups -OCH3 is 3. The zero-order valence-corrected chi connectivity index (χ0v) is 18.0. The van der Waals surface area contributed by atoms with Gasteiger partial charge in [0.25, 0.3) is 5.91 Å².